The smallest absolute Gasteiger partial charge is 0.226 e. The lowest BCUT2D eigenvalue weighted by molar-refractivity contribution is -0.121. The molecule has 2 heterocycles. The molecule has 0 aliphatic carbocycles. The Morgan fingerprint density at radius 2 is 2.11 bits per heavy atom. The number of carbonyl (C=O) groups excluding carboxylic acids is 1. The fourth-order valence-corrected chi connectivity index (χ4v) is 3.71. The number of ether oxygens (including phenoxy) is 1. The van der Waals surface area contributed by atoms with Crippen molar-refractivity contribution in [3.63, 3.8) is 0 Å². The summed E-state index contributed by atoms with van der Waals surface area (Å²) < 4.78 is 5.68. The molecule has 0 spiro atoms. The van der Waals surface area contributed by atoms with E-state index in [1.165, 1.54) is 11.3 Å². The van der Waals surface area contributed by atoms with Gasteiger partial charge in [0.15, 0.2) is 0 Å². The second-order valence-corrected chi connectivity index (χ2v) is 7.68. The molecule has 0 saturated carbocycles. The number of benzene rings is 1. The first-order valence-corrected chi connectivity index (χ1v) is 9.68. The van der Waals surface area contributed by atoms with Crippen LogP contribution in [0.4, 0.5) is 0 Å². The third kappa shape index (κ3) is 7.84. The number of carbonyl (C=O) groups is 1. The van der Waals surface area contributed by atoms with Crippen molar-refractivity contribution in [3.8, 4) is 5.75 Å². The summed E-state index contributed by atoms with van der Waals surface area (Å²) in [7, 11) is 0. The van der Waals surface area contributed by atoms with Crippen LogP contribution in [0.25, 0.3) is 0 Å². The Hall–Kier alpha value is -1.05. The summed E-state index contributed by atoms with van der Waals surface area (Å²) in [6, 6.07) is 7.94. The molecule has 0 radical (unpaired) electrons. The number of piperidine rings is 1. The molecule has 1 aliphatic heterocycles. The third-order valence-corrected chi connectivity index (χ3v) is 5.23. The van der Waals surface area contributed by atoms with E-state index < -0.39 is 0 Å². The minimum atomic E-state index is 0. The molecular weight excluding hydrogens is 429 g/mol. The molecule has 1 aliphatic rings. The zero-order valence-corrected chi connectivity index (χ0v) is 18.1. The van der Waals surface area contributed by atoms with Gasteiger partial charge in [0, 0.05) is 22.5 Å². The van der Waals surface area contributed by atoms with Crippen molar-refractivity contribution >= 4 is 53.7 Å². The molecule has 2 unspecified atom stereocenters. The molecule has 5 nitrogen and oxygen atoms in total. The molecule has 1 saturated heterocycles. The summed E-state index contributed by atoms with van der Waals surface area (Å²) >= 11 is 7.36. The number of aromatic nitrogens is 1. The first-order valence-electron chi connectivity index (χ1n) is 8.43. The number of nitrogens with zero attached hydrogens (tertiary/aromatic N) is 1. The highest BCUT2D eigenvalue weighted by atomic mass is 35.5. The Balaban J connectivity index is 0.00000182. The van der Waals surface area contributed by atoms with Gasteiger partial charge in [-0.25, -0.2) is 4.98 Å². The molecule has 1 aromatic heterocycles. The monoisotopic (exact) mass is 451 g/mol. The lowest BCUT2D eigenvalue weighted by Gasteiger charge is -2.28. The van der Waals surface area contributed by atoms with Gasteiger partial charge in [0.05, 0.1) is 12.1 Å². The third-order valence-electron chi connectivity index (χ3n) is 4.11. The van der Waals surface area contributed by atoms with Gasteiger partial charge >= 0.3 is 0 Å². The largest absolute Gasteiger partial charge is 0.486 e. The van der Waals surface area contributed by atoms with E-state index in [2.05, 4.69) is 22.5 Å². The van der Waals surface area contributed by atoms with Crippen LogP contribution < -0.4 is 15.4 Å². The van der Waals surface area contributed by atoms with E-state index >= 15 is 0 Å². The van der Waals surface area contributed by atoms with Crippen LogP contribution in [0, 0.1) is 0 Å². The molecule has 1 aromatic carbocycles. The first kappa shape index (κ1) is 24.0. The Morgan fingerprint density at radius 3 is 2.81 bits per heavy atom. The van der Waals surface area contributed by atoms with Crippen LogP contribution in [0.15, 0.2) is 29.6 Å². The first-order chi connectivity index (χ1) is 12.1. The average Bonchev–Trinajstić information content (AvgIpc) is 3.01. The van der Waals surface area contributed by atoms with Gasteiger partial charge in [-0.3, -0.25) is 4.79 Å². The van der Waals surface area contributed by atoms with Crippen LogP contribution in [0.1, 0.15) is 30.5 Å². The maximum Gasteiger partial charge on any atom is 0.226 e. The van der Waals surface area contributed by atoms with Gasteiger partial charge in [0.25, 0.3) is 0 Å². The fraction of sp³-hybridized carbons (Fsp3) is 0.444. The van der Waals surface area contributed by atoms with E-state index in [0.29, 0.717) is 24.1 Å². The number of hydrogen-bond acceptors (Lipinski definition) is 5. The summed E-state index contributed by atoms with van der Waals surface area (Å²) in [5.41, 5.74) is 0.791. The van der Waals surface area contributed by atoms with Crippen LogP contribution in [0.3, 0.4) is 0 Å². The maximum absolute atomic E-state index is 12.2. The number of hydrogen-bond donors (Lipinski definition) is 2. The van der Waals surface area contributed by atoms with Crippen molar-refractivity contribution in [3.05, 3.63) is 45.4 Å². The maximum atomic E-state index is 12.2. The zero-order chi connectivity index (χ0) is 17.6. The highest BCUT2D eigenvalue weighted by Gasteiger charge is 2.20. The summed E-state index contributed by atoms with van der Waals surface area (Å²) in [6.07, 6.45) is 2.27. The Labute approximate surface area is 181 Å². The SMILES string of the molecule is CC1CC(NC(=O)Cc2csc(COc3ccc(Cl)cc3)n2)CCN1.Cl.Cl. The van der Waals surface area contributed by atoms with Gasteiger partial charge in [-0.2, -0.15) is 0 Å². The van der Waals surface area contributed by atoms with Crippen LogP contribution in [-0.2, 0) is 17.8 Å². The molecule has 27 heavy (non-hydrogen) atoms. The van der Waals surface area contributed by atoms with Crippen molar-refractivity contribution < 1.29 is 9.53 Å². The quantitative estimate of drug-likeness (QED) is 0.695. The van der Waals surface area contributed by atoms with Crippen LogP contribution in [-0.4, -0.2) is 29.5 Å². The van der Waals surface area contributed by atoms with Crippen molar-refractivity contribution in [2.45, 2.75) is 44.9 Å². The number of thiazole rings is 1. The topological polar surface area (TPSA) is 63.2 Å². The number of amides is 1. The zero-order valence-electron chi connectivity index (χ0n) is 14.9. The van der Waals surface area contributed by atoms with Crippen LogP contribution >= 0.6 is 47.8 Å². The fourth-order valence-electron chi connectivity index (χ4n) is 2.88. The van der Waals surface area contributed by atoms with Crippen molar-refractivity contribution in [1.29, 1.82) is 0 Å². The van der Waals surface area contributed by atoms with E-state index in [1.54, 1.807) is 12.1 Å². The lowest BCUT2D eigenvalue weighted by Crippen LogP contribution is -2.46. The van der Waals surface area contributed by atoms with E-state index in [4.69, 9.17) is 16.3 Å². The standard InChI is InChI=1S/C18H22ClN3O2S.2ClH/c1-12-8-14(6-7-20-12)21-17(23)9-15-11-25-18(22-15)10-24-16-4-2-13(19)3-5-16;;/h2-5,11-12,14,20H,6-10H2,1H3,(H,21,23);2*1H. The number of nitrogens with one attached hydrogen (secondary N) is 2. The van der Waals surface area contributed by atoms with Gasteiger partial charge in [-0.1, -0.05) is 11.6 Å². The predicted molar refractivity (Wildman–Crippen MR) is 115 cm³/mol. The van der Waals surface area contributed by atoms with Gasteiger partial charge < -0.3 is 15.4 Å². The predicted octanol–water partition coefficient (Wildman–Crippen LogP) is 4.02. The molecule has 0 bridgehead atoms. The average molecular weight is 453 g/mol. The summed E-state index contributed by atoms with van der Waals surface area (Å²) in [5, 5.41) is 9.95. The normalized spacial score (nSPS) is 18.7. The van der Waals surface area contributed by atoms with Crippen molar-refractivity contribution in [2.75, 3.05) is 6.54 Å². The second-order valence-electron chi connectivity index (χ2n) is 6.30. The molecule has 2 N–H and O–H groups in total. The molecule has 1 fully saturated rings. The molecule has 9 heteroatoms. The van der Waals surface area contributed by atoms with Crippen molar-refractivity contribution in [1.82, 2.24) is 15.6 Å². The molecular formula is C18H24Cl3N3O2S. The minimum absolute atomic E-state index is 0. The summed E-state index contributed by atoms with van der Waals surface area (Å²) in [6.45, 7) is 3.49. The number of rotatable bonds is 6. The van der Waals surface area contributed by atoms with Crippen LogP contribution in [0.5, 0.6) is 5.75 Å². The Morgan fingerprint density at radius 1 is 1.37 bits per heavy atom. The van der Waals surface area contributed by atoms with Gasteiger partial charge in [0.1, 0.15) is 17.4 Å². The van der Waals surface area contributed by atoms with E-state index in [-0.39, 0.29) is 36.8 Å². The molecule has 150 valence electrons. The minimum Gasteiger partial charge on any atom is -0.486 e. The van der Waals surface area contributed by atoms with Crippen molar-refractivity contribution in [2.24, 2.45) is 0 Å². The Kier molecular flexibility index (Phi) is 10.4. The van der Waals surface area contributed by atoms with Crippen LogP contribution in [0.2, 0.25) is 5.02 Å². The lowest BCUT2D eigenvalue weighted by atomic mass is 10.0. The summed E-state index contributed by atoms with van der Waals surface area (Å²) in [4.78, 5) is 16.7. The number of halogens is 3. The molecule has 1 amide bonds. The highest BCUT2D eigenvalue weighted by molar-refractivity contribution is 7.09. The highest BCUT2D eigenvalue weighted by Crippen LogP contribution is 2.18. The second kappa shape index (κ2) is 11.7. The molecule has 2 aromatic rings. The van der Waals surface area contributed by atoms with Gasteiger partial charge in [0.2, 0.25) is 5.91 Å². The van der Waals surface area contributed by atoms with Gasteiger partial charge in [-0.15, -0.1) is 36.2 Å². The van der Waals surface area contributed by atoms with E-state index in [1.807, 2.05) is 17.5 Å². The van der Waals surface area contributed by atoms with E-state index in [9.17, 15) is 4.79 Å². The van der Waals surface area contributed by atoms with E-state index in [0.717, 1.165) is 35.8 Å². The molecule has 2 atom stereocenters. The molecule has 3 rings (SSSR count). The Bertz CT molecular complexity index is 712. The summed E-state index contributed by atoms with van der Waals surface area (Å²) in [5.74, 6) is 0.786. The van der Waals surface area contributed by atoms with Gasteiger partial charge in [-0.05, 0) is 50.6 Å².